The zero-order valence-corrected chi connectivity index (χ0v) is 16.4. The van der Waals surface area contributed by atoms with E-state index in [1.165, 1.54) is 6.26 Å². The third-order valence-corrected chi connectivity index (χ3v) is 5.32. The number of ether oxygens (including phenoxy) is 1. The molecule has 0 bridgehead atoms. The van der Waals surface area contributed by atoms with Crippen LogP contribution in [0.5, 0.6) is 0 Å². The molecule has 3 heterocycles. The fraction of sp³-hybridized carbons (Fsp3) is 0.261. The lowest BCUT2D eigenvalue weighted by molar-refractivity contribution is -0.150. The van der Waals surface area contributed by atoms with E-state index in [4.69, 9.17) is 13.6 Å². The molecular formula is C23H21N3O4. The Morgan fingerprint density at radius 2 is 1.80 bits per heavy atom. The SMILES string of the molecule is O=C(OCc1coc(-c2ccccc2)n1)C1CCN(c2nc3ccccc3o2)CC1. The van der Waals surface area contributed by atoms with E-state index in [9.17, 15) is 4.79 Å². The van der Waals surface area contributed by atoms with Crippen LogP contribution in [0.3, 0.4) is 0 Å². The zero-order chi connectivity index (χ0) is 20.3. The Hall–Kier alpha value is -3.61. The van der Waals surface area contributed by atoms with Crippen LogP contribution in [0.15, 0.2) is 69.7 Å². The highest BCUT2D eigenvalue weighted by Crippen LogP contribution is 2.27. The number of rotatable bonds is 5. The minimum Gasteiger partial charge on any atom is -0.459 e. The van der Waals surface area contributed by atoms with Gasteiger partial charge in [0.1, 0.15) is 24.1 Å². The molecule has 7 heteroatoms. The van der Waals surface area contributed by atoms with Crippen LogP contribution in [0.4, 0.5) is 6.01 Å². The maximum Gasteiger partial charge on any atom is 0.309 e. The number of anilines is 1. The highest BCUT2D eigenvalue weighted by molar-refractivity contribution is 5.75. The summed E-state index contributed by atoms with van der Waals surface area (Å²) in [6.07, 6.45) is 2.93. The minimum absolute atomic E-state index is 0.112. The number of carbonyl (C=O) groups is 1. The second-order valence-electron chi connectivity index (χ2n) is 7.34. The topological polar surface area (TPSA) is 81.6 Å². The summed E-state index contributed by atoms with van der Waals surface area (Å²) in [5.74, 6) is 0.191. The summed E-state index contributed by atoms with van der Waals surface area (Å²) in [5, 5.41) is 0. The summed E-state index contributed by atoms with van der Waals surface area (Å²) in [4.78, 5) is 23.5. The molecule has 0 N–H and O–H groups in total. The second kappa shape index (κ2) is 8.02. The number of oxazole rings is 2. The zero-order valence-electron chi connectivity index (χ0n) is 16.4. The number of piperidine rings is 1. The van der Waals surface area contributed by atoms with Crippen LogP contribution in [0.25, 0.3) is 22.6 Å². The van der Waals surface area contributed by atoms with Crippen LogP contribution in [0, 0.1) is 5.92 Å². The van der Waals surface area contributed by atoms with Crippen molar-refractivity contribution in [2.75, 3.05) is 18.0 Å². The molecule has 5 rings (SSSR count). The van der Waals surface area contributed by atoms with Gasteiger partial charge in [0.05, 0.1) is 5.92 Å². The number of esters is 1. The molecule has 1 fully saturated rings. The molecule has 0 saturated carbocycles. The Bertz CT molecular complexity index is 1110. The molecule has 152 valence electrons. The van der Waals surface area contributed by atoms with Crippen molar-refractivity contribution in [3.8, 4) is 11.5 Å². The number of fused-ring (bicyclic) bond motifs is 1. The largest absolute Gasteiger partial charge is 0.459 e. The van der Waals surface area contributed by atoms with E-state index in [1.807, 2.05) is 54.6 Å². The van der Waals surface area contributed by atoms with Gasteiger partial charge in [-0.3, -0.25) is 4.79 Å². The van der Waals surface area contributed by atoms with Gasteiger partial charge in [-0.25, -0.2) is 4.98 Å². The van der Waals surface area contributed by atoms with E-state index < -0.39 is 0 Å². The summed E-state index contributed by atoms with van der Waals surface area (Å²) in [6.45, 7) is 1.52. The molecule has 30 heavy (non-hydrogen) atoms. The van der Waals surface area contributed by atoms with E-state index in [0.717, 1.165) is 16.7 Å². The number of benzene rings is 2. The van der Waals surface area contributed by atoms with Crippen LogP contribution in [0.2, 0.25) is 0 Å². The van der Waals surface area contributed by atoms with Crippen molar-refractivity contribution in [3.05, 3.63) is 66.6 Å². The molecular weight excluding hydrogens is 382 g/mol. The first-order valence-corrected chi connectivity index (χ1v) is 10.0. The van der Waals surface area contributed by atoms with Crippen LogP contribution in [-0.2, 0) is 16.1 Å². The number of aromatic nitrogens is 2. The number of hydrogen-bond donors (Lipinski definition) is 0. The van der Waals surface area contributed by atoms with Crippen molar-refractivity contribution in [3.63, 3.8) is 0 Å². The van der Waals surface area contributed by atoms with Crippen LogP contribution in [-0.4, -0.2) is 29.0 Å². The lowest BCUT2D eigenvalue weighted by Gasteiger charge is -2.29. The van der Waals surface area contributed by atoms with E-state index in [-0.39, 0.29) is 18.5 Å². The Labute approximate surface area is 173 Å². The number of para-hydroxylation sites is 2. The molecule has 0 amide bonds. The predicted octanol–water partition coefficient (Wildman–Crippen LogP) is 4.44. The summed E-state index contributed by atoms with van der Waals surface area (Å²) < 4.78 is 16.8. The Morgan fingerprint density at radius 1 is 1.03 bits per heavy atom. The van der Waals surface area contributed by atoms with Gasteiger partial charge in [-0.15, -0.1) is 0 Å². The first kappa shape index (κ1) is 18.4. The normalized spacial score (nSPS) is 14.9. The molecule has 0 atom stereocenters. The van der Waals surface area contributed by atoms with Crippen LogP contribution >= 0.6 is 0 Å². The average Bonchev–Trinajstić information content (AvgIpc) is 3.45. The van der Waals surface area contributed by atoms with Gasteiger partial charge in [-0.1, -0.05) is 30.3 Å². The van der Waals surface area contributed by atoms with Gasteiger partial charge in [0.25, 0.3) is 6.01 Å². The third kappa shape index (κ3) is 3.78. The number of carbonyl (C=O) groups excluding carboxylic acids is 1. The van der Waals surface area contributed by atoms with E-state index >= 15 is 0 Å². The van der Waals surface area contributed by atoms with Crippen molar-refractivity contribution in [2.24, 2.45) is 5.92 Å². The minimum atomic E-state index is -0.198. The standard InChI is InChI=1S/C23H21N3O4/c27-22(29-15-18-14-28-21(24-18)16-6-2-1-3-7-16)17-10-12-26(13-11-17)23-25-19-8-4-5-9-20(19)30-23/h1-9,14,17H,10-13,15H2. The van der Waals surface area contributed by atoms with E-state index in [0.29, 0.717) is 43.5 Å². The van der Waals surface area contributed by atoms with Crippen molar-refractivity contribution >= 4 is 23.1 Å². The molecule has 7 nitrogen and oxygen atoms in total. The van der Waals surface area contributed by atoms with E-state index in [1.54, 1.807) is 0 Å². The van der Waals surface area contributed by atoms with Gasteiger partial charge in [0.15, 0.2) is 5.58 Å². The van der Waals surface area contributed by atoms with Crippen molar-refractivity contribution in [1.82, 2.24) is 9.97 Å². The van der Waals surface area contributed by atoms with Gasteiger partial charge in [0.2, 0.25) is 5.89 Å². The molecule has 1 saturated heterocycles. The summed E-state index contributed by atoms with van der Waals surface area (Å²) in [6, 6.07) is 17.9. The Balaban J connectivity index is 1.14. The molecule has 2 aromatic heterocycles. The maximum absolute atomic E-state index is 12.5. The monoisotopic (exact) mass is 403 g/mol. The molecule has 0 spiro atoms. The molecule has 2 aromatic carbocycles. The Morgan fingerprint density at radius 3 is 2.60 bits per heavy atom. The maximum atomic E-state index is 12.5. The third-order valence-electron chi connectivity index (χ3n) is 5.32. The fourth-order valence-corrected chi connectivity index (χ4v) is 3.65. The molecule has 0 unspecified atom stereocenters. The van der Waals surface area contributed by atoms with Gasteiger partial charge in [0, 0.05) is 18.7 Å². The summed E-state index contributed by atoms with van der Waals surface area (Å²) in [7, 11) is 0. The van der Waals surface area contributed by atoms with Gasteiger partial charge in [-0.05, 0) is 37.1 Å². The van der Waals surface area contributed by atoms with Crippen molar-refractivity contribution in [1.29, 1.82) is 0 Å². The lowest BCUT2D eigenvalue weighted by Crippen LogP contribution is -2.37. The summed E-state index contributed by atoms with van der Waals surface area (Å²) in [5.41, 5.74) is 3.11. The molecule has 0 radical (unpaired) electrons. The predicted molar refractivity (Wildman–Crippen MR) is 111 cm³/mol. The Kier molecular flexibility index (Phi) is 4.93. The molecule has 4 aromatic rings. The first-order valence-electron chi connectivity index (χ1n) is 10.0. The van der Waals surface area contributed by atoms with Crippen LogP contribution < -0.4 is 4.90 Å². The van der Waals surface area contributed by atoms with Crippen molar-refractivity contribution in [2.45, 2.75) is 19.4 Å². The summed E-state index contributed by atoms with van der Waals surface area (Å²) >= 11 is 0. The van der Waals surface area contributed by atoms with Crippen LogP contribution in [0.1, 0.15) is 18.5 Å². The van der Waals surface area contributed by atoms with Crippen molar-refractivity contribution < 1.29 is 18.4 Å². The van der Waals surface area contributed by atoms with Gasteiger partial charge < -0.3 is 18.5 Å². The molecule has 1 aliphatic heterocycles. The highest BCUT2D eigenvalue weighted by Gasteiger charge is 2.28. The average molecular weight is 403 g/mol. The molecule has 0 aliphatic carbocycles. The van der Waals surface area contributed by atoms with Gasteiger partial charge >= 0.3 is 5.97 Å². The highest BCUT2D eigenvalue weighted by atomic mass is 16.5. The molecule has 1 aliphatic rings. The lowest BCUT2D eigenvalue weighted by atomic mass is 9.97. The fourth-order valence-electron chi connectivity index (χ4n) is 3.65. The smallest absolute Gasteiger partial charge is 0.309 e. The van der Waals surface area contributed by atoms with Gasteiger partial charge in [-0.2, -0.15) is 4.98 Å². The first-order chi connectivity index (χ1) is 14.8. The number of hydrogen-bond acceptors (Lipinski definition) is 7. The number of nitrogens with zero attached hydrogens (tertiary/aromatic N) is 3. The quantitative estimate of drug-likeness (QED) is 0.456. The second-order valence-corrected chi connectivity index (χ2v) is 7.34. The van der Waals surface area contributed by atoms with E-state index in [2.05, 4.69) is 14.9 Å².